The average molecular weight is 677 g/mol. The Labute approximate surface area is 275 Å². The molecule has 2 aromatic carbocycles. The third-order valence-corrected chi connectivity index (χ3v) is 12.7. The molecule has 2 amide bonds. The second kappa shape index (κ2) is 14.2. The van der Waals surface area contributed by atoms with Crippen molar-refractivity contribution in [3.05, 3.63) is 65.2 Å². The Hall–Kier alpha value is -3.13. The molecular weight excluding hydrogens is 630 g/mol. The van der Waals surface area contributed by atoms with Crippen molar-refractivity contribution >= 4 is 27.7 Å². The van der Waals surface area contributed by atoms with Gasteiger partial charge in [0.15, 0.2) is 0 Å². The van der Waals surface area contributed by atoms with Crippen molar-refractivity contribution in [2.45, 2.75) is 107 Å². The van der Waals surface area contributed by atoms with E-state index in [1.165, 1.54) is 24.3 Å². The van der Waals surface area contributed by atoms with E-state index in [4.69, 9.17) is 4.74 Å². The van der Waals surface area contributed by atoms with Gasteiger partial charge >= 0.3 is 6.09 Å². The van der Waals surface area contributed by atoms with Gasteiger partial charge in [0.05, 0.1) is 17.0 Å². The molecule has 3 saturated heterocycles. The van der Waals surface area contributed by atoms with E-state index in [9.17, 15) is 27.5 Å². The summed E-state index contributed by atoms with van der Waals surface area (Å²) in [5.74, 6) is -2.56. The maximum atomic E-state index is 15.4. The molecule has 0 aliphatic carbocycles. The molecule has 0 aromatic heterocycles. The van der Waals surface area contributed by atoms with Crippen molar-refractivity contribution in [3.63, 3.8) is 0 Å². The minimum Gasteiger partial charge on any atom is -0.465 e. The lowest BCUT2D eigenvalue weighted by Crippen LogP contribution is -2.58. The van der Waals surface area contributed by atoms with Crippen LogP contribution in [0.5, 0.6) is 0 Å². The first-order valence-electron chi connectivity index (χ1n) is 16.4. The predicted molar refractivity (Wildman–Crippen MR) is 175 cm³/mol. The number of hydrogen-bond acceptors (Lipinski definition) is 6. The SMILES string of the molecule is C[C@@H]1C[C@H]([C@H](c2ccc(F)cc2)[C@H](NC(=O)O)C(=O)Nc2cccc(F)c2CC[C@H]2CN[C@@H]3CCC(C)(C)S(=O)(=O)N2C3)C[C@H](C)O1. The van der Waals surface area contributed by atoms with Crippen LogP contribution in [0.2, 0.25) is 0 Å². The van der Waals surface area contributed by atoms with Gasteiger partial charge in [0.25, 0.3) is 0 Å². The van der Waals surface area contributed by atoms with E-state index < -0.39 is 56.4 Å². The fraction of sp³-hybridized carbons (Fsp3) is 0.588. The lowest BCUT2D eigenvalue weighted by molar-refractivity contribution is -0.120. The predicted octanol–water partition coefficient (Wildman–Crippen LogP) is 5.00. The largest absolute Gasteiger partial charge is 0.465 e. The monoisotopic (exact) mass is 676 g/mol. The van der Waals surface area contributed by atoms with Gasteiger partial charge in [-0.1, -0.05) is 18.2 Å². The molecule has 0 spiro atoms. The Morgan fingerprint density at radius 1 is 1.11 bits per heavy atom. The number of carboxylic acid groups (broad SMARTS) is 1. The molecule has 3 fully saturated rings. The molecule has 2 aromatic rings. The number of ether oxygens (including phenoxy) is 1. The number of carbonyl (C=O) groups excluding carboxylic acids is 1. The highest BCUT2D eigenvalue weighted by molar-refractivity contribution is 7.90. The minimum absolute atomic E-state index is 0.0561. The molecule has 0 radical (unpaired) electrons. The fourth-order valence-corrected chi connectivity index (χ4v) is 9.57. The second-order valence-corrected chi connectivity index (χ2v) is 16.4. The molecule has 3 aliphatic heterocycles. The van der Waals surface area contributed by atoms with Crippen LogP contribution >= 0.6 is 0 Å². The molecule has 1 unspecified atom stereocenters. The van der Waals surface area contributed by atoms with Crippen LogP contribution in [0.15, 0.2) is 42.5 Å². The zero-order chi connectivity index (χ0) is 34.1. The van der Waals surface area contributed by atoms with Gasteiger partial charge in [-0.05, 0) is 102 Å². The highest BCUT2D eigenvalue weighted by Crippen LogP contribution is 2.40. The van der Waals surface area contributed by atoms with Crippen LogP contribution in [-0.4, -0.2) is 78.0 Å². The summed E-state index contributed by atoms with van der Waals surface area (Å²) in [5.41, 5.74) is 0.977. The van der Waals surface area contributed by atoms with Gasteiger partial charge in [0.1, 0.15) is 17.7 Å². The average Bonchev–Trinajstić information content (AvgIpc) is 3.06. The van der Waals surface area contributed by atoms with E-state index in [0.717, 1.165) is 6.42 Å². The number of sulfonamides is 1. The molecule has 3 heterocycles. The number of benzene rings is 2. The van der Waals surface area contributed by atoms with Gasteiger partial charge in [0.2, 0.25) is 15.9 Å². The van der Waals surface area contributed by atoms with Crippen LogP contribution in [0.25, 0.3) is 0 Å². The summed E-state index contributed by atoms with van der Waals surface area (Å²) in [6.45, 7) is 8.11. The Morgan fingerprint density at radius 3 is 2.45 bits per heavy atom. The van der Waals surface area contributed by atoms with Crippen LogP contribution in [0.3, 0.4) is 0 Å². The van der Waals surface area contributed by atoms with Crippen LogP contribution in [-0.2, 0) is 26.0 Å². The Morgan fingerprint density at radius 2 is 1.79 bits per heavy atom. The van der Waals surface area contributed by atoms with Gasteiger partial charge in [-0.3, -0.25) is 4.79 Å². The Bertz CT molecular complexity index is 1550. The molecule has 2 bridgehead atoms. The number of halogens is 2. The van der Waals surface area contributed by atoms with Crippen molar-refractivity contribution in [2.24, 2.45) is 5.92 Å². The third kappa shape index (κ3) is 7.79. The molecule has 0 saturated carbocycles. The first kappa shape index (κ1) is 35.2. The number of amides is 2. The number of anilines is 1. The molecule has 5 rings (SSSR count). The van der Waals surface area contributed by atoms with Crippen molar-refractivity contribution in [3.8, 4) is 0 Å². The van der Waals surface area contributed by atoms with Gasteiger partial charge in [0, 0.05) is 42.3 Å². The molecule has 47 heavy (non-hydrogen) atoms. The normalized spacial score (nSPS) is 29.6. The molecular formula is C34H46F2N4O6S. The number of nitrogens with zero attached hydrogens (tertiary/aromatic N) is 1. The highest BCUT2D eigenvalue weighted by atomic mass is 32.2. The van der Waals surface area contributed by atoms with Gasteiger partial charge in [-0.2, -0.15) is 4.31 Å². The minimum atomic E-state index is -3.61. The maximum Gasteiger partial charge on any atom is 0.405 e. The summed E-state index contributed by atoms with van der Waals surface area (Å²) in [7, 11) is -3.61. The Balaban J connectivity index is 1.42. The zero-order valence-electron chi connectivity index (χ0n) is 27.3. The summed E-state index contributed by atoms with van der Waals surface area (Å²) >= 11 is 0. The van der Waals surface area contributed by atoms with E-state index in [1.807, 2.05) is 13.8 Å². The topological polar surface area (TPSA) is 137 Å². The van der Waals surface area contributed by atoms with Crippen molar-refractivity contribution in [2.75, 3.05) is 18.4 Å². The molecule has 4 N–H and O–H groups in total. The summed E-state index contributed by atoms with van der Waals surface area (Å²) in [6, 6.07) is 8.34. The zero-order valence-corrected chi connectivity index (χ0v) is 28.2. The quantitative estimate of drug-likeness (QED) is 0.293. The summed E-state index contributed by atoms with van der Waals surface area (Å²) < 4.78 is 63.1. The van der Waals surface area contributed by atoms with E-state index in [2.05, 4.69) is 16.0 Å². The van der Waals surface area contributed by atoms with E-state index >= 15 is 4.39 Å². The molecule has 8 atom stereocenters. The number of carbonyl (C=O) groups is 2. The summed E-state index contributed by atoms with van der Waals surface area (Å²) in [4.78, 5) is 26.2. The summed E-state index contributed by atoms with van der Waals surface area (Å²) in [5, 5.41) is 18.5. The highest BCUT2D eigenvalue weighted by Gasteiger charge is 2.47. The molecule has 258 valence electrons. The number of rotatable bonds is 9. The molecule has 13 heteroatoms. The van der Waals surface area contributed by atoms with Gasteiger partial charge < -0.3 is 25.8 Å². The molecule has 10 nitrogen and oxygen atoms in total. The van der Waals surface area contributed by atoms with Crippen LogP contribution in [0, 0.1) is 17.6 Å². The fourth-order valence-electron chi connectivity index (χ4n) is 7.61. The van der Waals surface area contributed by atoms with Gasteiger partial charge in [-0.15, -0.1) is 0 Å². The number of hydrogen-bond donors (Lipinski definition) is 4. The first-order valence-corrected chi connectivity index (χ1v) is 17.8. The Kier molecular flexibility index (Phi) is 10.6. The molecule has 3 aliphatic rings. The number of piperazine rings is 1. The lowest BCUT2D eigenvalue weighted by Gasteiger charge is -2.40. The van der Waals surface area contributed by atoms with Crippen LogP contribution in [0.4, 0.5) is 19.3 Å². The van der Waals surface area contributed by atoms with Crippen molar-refractivity contribution in [1.29, 1.82) is 0 Å². The summed E-state index contributed by atoms with van der Waals surface area (Å²) in [6.07, 6.45) is 1.14. The van der Waals surface area contributed by atoms with Crippen LogP contribution < -0.4 is 16.0 Å². The van der Waals surface area contributed by atoms with Crippen molar-refractivity contribution < 1.29 is 36.6 Å². The second-order valence-electron chi connectivity index (χ2n) is 13.9. The van der Waals surface area contributed by atoms with E-state index in [-0.39, 0.29) is 41.8 Å². The maximum absolute atomic E-state index is 15.4. The van der Waals surface area contributed by atoms with Crippen molar-refractivity contribution in [1.82, 2.24) is 14.9 Å². The first-order chi connectivity index (χ1) is 22.2. The number of nitrogens with one attached hydrogen (secondary N) is 3. The van der Waals surface area contributed by atoms with E-state index in [0.29, 0.717) is 44.3 Å². The van der Waals surface area contributed by atoms with Gasteiger partial charge in [-0.25, -0.2) is 22.0 Å². The lowest BCUT2D eigenvalue weighted by atomic mass is 9.74. The number of fused-ring (bicyclic) bond motifs is 2. The smallest absolute Gasteiger partial charge is 0.405 e. The standard InChI is InChI=1S/C34H46F2N4O6S/c1-20-16-23(17-21(2)46-20)30(22-8-10-24(35)11-9-22)31(39-33(42)43)32(41)38-29-7-5-6-28(36)27(29)13-12-26-18-37-25-14-15-34(3,4)47(44,45)40(26)19-25/h5-11,20-21,23,25-26,30-31,37,39H,12-19H2,1-4H3,(H,38,41)(H,42,43)/t20-,21+,23+,25-,26+,30+,31+/m1/s1. The third-order valence-electron chi connectivity index (χ3n) is 10.1. The van der Waals surface area contributed by atoms with E-state index in [1.54, 1.807) is 36.4 Å². The van der Waals surface area contributed by atoms with Crippen LogP contribution in [0.1, 0.15) is 76.8 Å².